The second-order valence-electron chi connectivity index (χ2n) is 6.39. The van der Waals surface area contributed by atoms with Crippen molar-refractivity contribution in [3.63, 3.8) is 0 Å². The van der Waals surface area contributed by atoms with Gasteiger partial charge in [-0.2, -0.15) is 0 Å². The molecule has 2 aromatic carbocycles. The zero-order valence-electron chi connectivity index (χ0n) is 15.7. The maximum absolute atomic E-state index is 12.7. The normalized spacial score (nSPS) is 10.5. The molecular formula is C22H19N5O2. The van der Waals surface area contributed by atoms with E-state index < -0.39 is 6.03 Å². The fourth-order valence-electron chi connectivity index (χ4n) is 3.09. The number of pyridine rings is 1. The summed E-state index contributed by atoms with van der Waals surface area (Å²) in [6.07, 6.45) is 3.39. The summed E-state index contributed by atoms with van der Waals surface area (Å²) in [5.74, 6) is 0.436. The molecule has 0 unspecified atom stereocenters. The number of nitrogens with one attached hydrogen (secondary N) is 3. The number of carbonyl (C=O) groups is 2. The summed E-state index contributed by atoms with van der Waals surface area (Å²) >= 11 is 0. The number of hydrogen-bond donors (Lipinski definition) is 3. The van der Waals surface area contributed by atoms with Gasteiger partial charge in [0.25, 0.3) is 5.91 Å². The van der Waals surface area contributed by atoms with E-state index in [4.69, 9.17) is 0 Å². The van der Waals surface area contributed by atoms with Crippen LogP contribution in [0, 0.1) is 0 Å². The van der Waals surface area contributed by atoms with E-state index in [1.54, 1.807) is 43.8 Å². The van der Waals surface area contributed by atoms with E-state index in [1.165, 1.54) is 0 Å². The van der Waals surface area contributed by atoms with E-state index >= 15 is 0 Å². The zero-order valence-corrected chi connectivity index (χ0v) is 15.7. The summed E-state index contributed by atoms with van der Waals surface area (Å²) in [6.45, 7) is 0. The molecule has 0 spiro atoms. The number of nitrogens with zero attached hydrogens (tertiary/aromatic N) is 2. The largest absolute Gasteiger partial charge is 0.355 e. The van der Waals surface area contributed by atoms with Crippen LogP contribution >= 0.6 is 0 Å². The van der Waals surface area contributed by atoms with Gasteiger partial charge in [0.2, 0.25) is 0 Å². The molecule has 0 aliphatic carbocycles. The molecule has 144 valence electrons. The van der Waals surface area contributed by atoms with Crippen LogP contribution in [-0.2, 0) is 0 Å². The lowest BCUT2D eigenvalue weighted by Gasteiger charge is -2.14. The first-order chi connectivity index (χ1) is 14.2. The Kier molecular flexibility index (Phi) is 4.94. The smallest absolute Gasteiger partial charge is 0.324 e. The minimum Gasteiger partial charge on any atom is -0.355 e. The SMILES string of the molecule is CNC(=O)c1ccc(NC(=O)Nc2c(-c3ccccc3)ccc3cncn23)cc1. The number of urea groups is 1. The molecule has 3 N–H and O–H groups in total. The average Bonchev–Trinajstić information content (AvgIpc) is 3.24. The Morgan fingerprint density at radius 3 is 2.38 bits per heavy atom. The third-order valence-electron chi connectivity index (χ3n) is 4.53. The lowest BCUT2D eigenvalue weighted by Crippen LogP contribution is -2.22. The average molecular weight is 385 g/mol. The summed E-state index contributed by atoms with van der Waals surface area (Å²) in [5, 5.41) is 8.29. The van der Waals surface area contributed by atoms with Gasteiger partial charge in [-0.1, -0.05) is 30.3 Å². The van der Waals surface area contributed by atoms with Crippen LogP contribution in [0.5, 0.6) is 0 Å². The van der Waals surface area contributed by atoms with Crippen LogP contribution in [-0.4, -0.2) is 28.4 Å². The number of hydrogen-bond acceptors (Lipinski definition) is 3. The van der Waals surface area contributed by atoms with Gasteiger partial charge in [0.15, 0.2) is 0 Å². The lowest BCUT2D eigenvalue weighted by molar-refractivity contribution is 0.0963. The highest BCUT2D eigenvalue weighted by atomic mass is 16.2. The molecule has 0 bridgehead atoms. The minimum atomic E-state index is -0.393. The Labute approximate surface area is 167 Å². The quantitative estimate of drug-likeness (QED) is 0.496. The Bertz CT molecular complexity index is 1170. The number of amides is 3. The summed E-state index contributed by atoms with van der Waals surface area (Å²) in [6, 6.07) is 20.0. The first kappa shape index (κ1) is 18.2. The third kappa shape index (κ3) is 3.79. The molecule has 0 radical (unpaired) electrons. The molecule has 0 aliphatic heterocycles. The van der Waals surface area contributed by atoms with Gasteiger partial charge in [-0.15, -0.1) is 0 Å². The van der Waals surface area contributed by atoms with Gasteiger partial charge in [0, 0.05) is 23.9 Å². The molecular weight excluding hydrogens is 366 g/mol. The van der Waals surface area contributed by atoms with E-state index in [-0.39, 0.29) is 5.91 Å². The van der Waals surface area contributed by atoms with Gasteiger partial charge < -0.3 is 10.6 Å². The number of anilines is 2. The molecule has 0 saturated carbocycles. The Hall–Kier alpha value is -4.13. The first-order valence-corrected chi connectivity index (χ1v) is 9.06. The highest BCUT2D eigenvalue weighted by Crippen LogP contribution is 2.29. The van der Waals surface area contributed by atoms with Gasteiger partial charge in [-0.25, -0.2) is 9.78 Å². The molecule has 29 heavy (non-hydrogen) atoms. The molecule has 4 rings (SSSR count). The van der Waals surface area contributed by atoms with Gasteiger partial charge in [0.1, 0.15) is 12.1 Å². The predicted molar refractivity (Wildman–Crippen MR) is 113 cm³/mol. The van der Waals surface area contributed by atoms with Crippen LogP contribution in [0.3, 0.4) is 0 Å². The Morgan fingerprint density at radius 2 is 1.66 bits per heavy atom. The Balaban J connectivity index is 1.61. The van der Waals surface area contributed by atoms with E-state index in [0.29, 0.717) is 17.1 Å². The van der Waals surface area contributed by atoms with Crippen LogP contribution in [0.1, 0.15) is 10.4 Å². The first-order valence-electron chi connectivity index (χ1n) is 9.06. The van der Waals surface area contributed by atoms with Crippen molar-refractivity contribution in [1.29, 1.82) is 0 Å². The molecule has 2 heterocycles. The van der Waals surface area contributed by atoms with Crippen LogP contribution in [0.15, 0.2) is 79.3 Å². The van der Waals surface area contributed by atoms with Crippen LogP contribution in [0.25, 0.3) is 16.6 Å². The van der Waals surface area contributed by atoms with E-state index in [9.17, 15) is 9.59 Å². The standard InChI is InChI=1S/C22H19N5O2/c1-23-21(28)16-7-9-17(10-8-16)25-22(29)26-20-19(15-5-3-2-4-6-15)12-11-18-13-24-14-27(18)20/h2-14H,1H3,(H,23,28)(H2,25,26,29). The van der Waals surface area contributed by atoms with Crippen molar-refractivity contribution in [1.82, 2.24) is 14.7 Å². The van der Waals surface area contributed by atoms with Crippen molar-refractivity contribution in [3.8, 4) is 11.1 Å². The predicted octanol–water partition coefficient (Wildman–Crippen LogP) is 4.00. The molecule has 7 nitrogen and oxygen atoms in total. The molecule has 2 aromatic heterocycles. The van der Waals surface area contributed by atoms with Crippen molar-refractivity contribution >= 4 is 29.0 Å². The summed E-state index contributed by atoms with van der Waals surface area (Å²) in [4.78, 5) is 28.5. The fourth-order valence-corrected chi connectivity index (χ4v) is 3.09. The zero-order chi connectivity index (χ0) is 20.2. The minimum absolute atomic E-state index is 0.180. The van der Waals surface area contributed by atoms with Crippen molar-refractivity contribution in [2.45, 2.75) is 0 Å². The number of carbonyl (C=O) groups excluding carboxylic acids is 2. The van der Waals surface area contributed by atoms with Gasteiger partial charge >= 0.3 is 6.03 Å². The molecule has 3 amide bonds. The molecule has 0 fully saturated rings. The Morgan fingerprint density at radius 1 is 0.897 bits per heavy atom. The van der Waals surface area contributed by atoms with Crippen LogP contribution in [0.2, 0.25) is 0 Å². The maximum Gasteiger partial charge on any atom is 0.324 e. The number of aromatic nitrogens is 2. The van der Waals surface area contributed by atoms with Gasteiger partial charge in [-0.3, -0.25) is 14.5 Å². The van der Waals surface area contributed by atoms with E-state index in [1.807, 2.05) is 46.9 Å². The molecule has 4 aromatic rings. The monoisotopic (exact) mass is 385 g/mol. The highest BCUT2D eigenvalue weighted by Gasteiger charge is 2.13. The number of imidazole rings is 1. The van der Waals surface area contributed by atoms with Gasteiger partial charge in [-0.05, 0) is 42.0 Å². The maximum atomic E-state index is 12.7. The van der Waals surface area contributed by atoms with Crippen LogP contribution in [0.4, 0.5) is 16.3 Å². The fraction of sp³-hybridized carbons (Fsp3) is 0.0455. The second kappa shape index (κ2) is 7.85. The summed E-state index contributed by atoms with van der Waals surface area (Å²) < 4.78 is 1.83. The van der Waals surface area contributed by atoms with Gasteiger partial charge in [0.05, 0.1) is 11.7 Å². The van der Waals surface area contributed by atoms with Crippen molar-refractivity contribution < 1.29 is 9.59 Å². The summed E-state index contributed by atoms with van der Waals surface area (Å²) in [5.41, 5.74) is 3.83. The number of benzene rings is 2. The van der Waals surface area contributed by atoms with Crippen molar-refractivity contribution in [2.75, 3.05) is 17.7 Å². The number of fused-ring (bicyclic) bond motifs is 1. The summed E-state index contributed by atoms with van der Waals surface area (Å²) in [7, 11) is 1.57. The van der Waals surface area contributed by atoms with E-state index in [2.05, 4.69) is 20.9 Å². The number of rotatable bonds is 4. The molecule has 0 atom stereocenters. The second-order valence-corrected chi connectivity index (χ2v) is 6.39. The van der Waals surface area contributed by atoms with Crippen molar-refractivity contribution in [3.05, 3.63) is 84.8 Å². The lowest BCUT2D eigenvalue weighted by atomic mass is 10.1. The highest BCUT2D eigenvalue weighted by molar-refractivity contribution is 6.02. The third-order valence-corrected chi connectivity index (χ3v) is 4.53. The van der Waals surface area contributed by atoms with Crippen molar-refractivity contribution in [2.24, 2.45) is 0 Å². The topological polar surface area (TPSA) is 87.5 Å². The molecule has 0 aliphatic rings. The molecule has 7 heteroatoms. The van der Waals surface area contributed by atoms with E-state index in [0.717, 1.165) is 16.6 Å². The van der Waals surface area contributed by atoms with Crippen LogP contribution < -0.4 is 16.0 Å². The molecule has 0 saturated heterocycles.